The molecule has 7 nitrogen and oxygen atoms in total. The maximum Gasteiger partial charge on any atom is 0.269 e. The van der Waals surface area contributed by atoms with Gasteiger partial charge in [0.2, 0.25) is 0 Å². The van der Waals surface area contributed by atoms with E-state index in [9.17, 15) is 29.6 Å². The maximum atomic E-state index is 13.0. The van der Waals surface area contributed by atoms with Crippen LogP contribution in [0.3, 0.4) is 0 Å². The third kappa shape index (κ3) is 4.20. The molecule has 1 atom stereocenters. The second kappa shape index (κ2) is 7.45. The highest BCUT2D eigenvalue weighted by Gasteiger charge is 2.48. The largest absolute Gasteiger partial charge is 0.512 e. The van der Waals surface area contributed by atoms with Gasteiger partial charge in [-0.25, -0.2) is 0 Å². The summed E-state index contributed by atoms with van der Waals surface area (Å²) in [7, 11) is 0. The predicted octanol–water partition coefficient (Wildman–Crippen LogP) is 4.45. The lowest BCUT2D eigenvalue weighted by atomic mass is 9.62. The predicted molar refractivity (Wildman–Crippen MR) is 110 cm³/mol. The van der Waals surface area contributed by atoms with Crippen molar-refractivity contribution in [2.24, 2.45) is 16.7 Å². The zero-order valence-electron chi connectivity index (χ0n) is 17.7. The number of Topliss-reactive ketones (excluding diaryl/α,β-unsaturated/α-hetero) is 3. The number of hydrogen-bond donors (Lipinski definition) is 1. The van der Waals surface area contributed by atoms with Crippen molar-refractivity contribution in [1.29, 1.82) is 0 Å². The molecule has 0 spiro atoms. The van der Waals surface area contributed by atoms with Crippen molar-refractivity contribution in [3.8, 4) is 0 Å². The number of carbonyl (C=O) groups excluding carboxylic acids is 3. The molecule has 1 aromatic carbocycles. The average molecular weight is 413 g/mol. The minimum absolute atomic E-state index is 0.0922. The Hall–Kier alpha value is -2.83. The van der Waals surface area contributed by atoms with Crippen molar-refractivity contribution in [2.75, 3.05) is 0 Å². The molecule has 1 N–H and O–H groups in total. The molecule has 3 rings (SSSR count). The molecule has 0 saturated heterocycles. The average Bonchev–Trinajstić information content (AvgIpc) is 2.57. The Morgan fingerprint density at radius 2 is 1.43 bits per heavy atom. The van der Waals surface area contributed by atoms with Crippen molar-refractivity contribution >= 4 is 23.0 Å². The first-order chi connectivity index (χ1) is 13.8. The van der Waals surface area contributed by atoms with Crippen LogP contribution < -0.4 is 0 Å². The highest BCUT2D eigenvalue weighted by Crippen LogP contribution is 2.47. The number of nitrogens with zero attached hydrogens (tertiary/aromatic N) is 1. The Morgan fingerprint density at radius 1 is 0.933 bits per heavy atom. The maximum absolute atomic E-state index is 13.0. The van der Waals surface area contributed by atoms with E-state index in [0.29, 0.717) is 5.56 Å². The number of aliphatic hydroxyl groups excluding tert-OH is 1. The number of allylic oxidation sites excluding steroid dienone is 2. The normalized spacial score (nSPS) is 22.9. The van der Waals surface area contributed by atoms with Crippen LogP contribution in [-0.2, 0) is 14.4 Å². The number of rotatable bonds is 4. The molecule has 2 aliphatic carbocycles. The Balaban J connectivity index is 2.15. The number of benzene rings is 1. The lowest BCUT2D eigenvalue weighted by molar-refractivity contribution is -0.384. The molecule has 0 heterocycles. The molecular formula is C23H27NO6. The zero-order chi connectivity index (χ0) is 22.4. The summed E-state index contributed by atoms with van der Waals surface area (Å²) in [6.45, 7) is 7.45. The molecule has 1 aromatic rings. The van der Waals surface area contributed by atoms with Gasteiger partial charge in [0, 0.05) is 49.3 Å². The van der Waals surface area contributed by atoms with Crippen LogP contribution >= 0.6 is 0 Å². The van der Waals surface area contributed by atoms with E-state index in [1.165, 1.54) is 24.3 Å². The Morgan fingerprint density at radius 3 is 1.90 bits per heavy atom. The van der Waals surface area contributed by atoms with Crippen LogP contribution in [0.5, 0.6) is 0 Å². The number of ketones is 3. The monoisotopic (exact) mass is 413 g/mol. The SMILES string of the molecule is CC1(C)CC(=O)C(C(C2=C(O)CC(C)(C)CC2=O)c2ccc([N+](=O)[O-])cc2)C(=O)C1. The number of hydrogen-bond acceptors (Lipinski definition) is 6. The molecule has 0 radical (unpaired) electrons. The Labute approximate surface area is 175 Å². The van der Waals surface area contributed by atoms with Crippen LogP contribution in [0, 0.1) is 26.9 Å². The molecule has 1 unspecified atom stereocenters. The first-order valence-electron chi connectivity index (χ1n) is 10.1. The molecule has 2 aliphatic rings. The van der Waals surface area contributed by atoms with Gasteiger partial charge in [0.15, 0.2) is 5.78 Å². The van der Waals surface area contributed by atoms with E-state index in [-0.39, 0.29) is 60.1 Å². The van der Waals surface area contributed by atoms with Crippen molar-refractivity contribution in [3.05, 3.63) is 51.3 Å². The number of carbonyl (C=O) groups is 3. The quantitative estimate of drug-likeness (QED) is 0.443. The summed E-state index contributed by atoms with van der Waals surface area (Å²) in [6.07, 6.45) is 0.843. The van der Waals surface area contributed by atoms with E-state index in [1.54, 1.807) is 0 Å². The lowest BCUT2D eigenvalue weighted by Gasteiger charge is -2.39. The van der Waals surface area contributed by atoms with E-state index in [0.717, 1.165) is 0 Å². The number of nitro groups is 1. The number of non-ortho nitro benzene ring substituents is 1. The van der Waals surface area contributed by atoms with Gasteiger partial charge in [-0.1, -0.05) is 39.8 Å². The fourth-order valence-corrected chi connectivity index (χ4v) is 4.76. The van der Waals surface area contributed by atoms with Gasteiger partial charge in [-0.2, -0.15) is 0 Å². The molecule has 160 valence electrons. The molecule has 7 heteroatoms. The summed E-state index contributed by atoms with van der Waals surface area (Å²) in [4.78, 5) is 49.6. The van der Waals surface area contributed by atoms with Crippen molar-refractivity contribution in [2.45, 2.75) is 59.3 Å². The molecule has 0 bridgehead atoms. The van der Waals surface area contributed by atoms with E-state index in [2.05, 4.69) is 0 Å². The highest BCUT2D eigenvalue weighted by atomic mass is 16.6. The highest BCUT2D eigenvalue weighted by molar-refractivity contribution is 6.09. The standard InChI is InChI=1S/C23H27NO6/c1-22(2)9-15(25)20(16(26)10-22)19(13-5-7-14(8-6-13)24(29)30)21-17(27)11-23(3,4)12-18(21)28/h5-8,19-20,27H,9-12H2,1-4H3. The van der Waals surface area contributed by atoms with Crippen molar-refractivity contribution < 1.29 is 24.4 Å². The van der Waals surface area contributed by atoms with Gasteiger partial charge in [-0.3, -0.25) is 24.5 Å². The van der Waals surface area contributed by atoms with E-state index in [4.69, 9.17) is 0 Å². The summed E-state index contributed by atoms with van der Waals surface area (Å²) in [5.41, 5.74) is -0.474. The van der Waals surface area contributed by atoms with Crippen molar-refractivity contribution in [1.82, 2.24) is 0 Å². The zero-order valence-corrected chi connectivity index (χ0v) is 17.7. The van der Waals surface area contributed by atoms with Gasteiger partial charge in [0.05, 0.1) is 10.8 Å². The van der Waals surface area contributed by atoms with Crippen LogP contribution in [0.25, 0.3) is 0 Å². The van der Waals surface area contributed by atoms with Gasteiger partial charge in [-0.15, -0.1) is 0 Å². The fraction of sp³-hybridized carbons (Fsp3) is 0.522. The third-order valence-electron chi connectivity index (χ3n) is 6.00. The molecule has 0 amide bonds. The first kappa shape index (κ1) is 21.9. The van der Waals surface area contributed by atoms with E-state index < -0.39 is 27.6 Å². The molecule has 1 fully saturated rings. The van der Waals surface area contributed by atoms with Crippen LogP contribution in [0.15, 0.2) is 35.6 Å². The van der Waals surface area contributed by atoms with E-state index >= 15 is 0 Å². The molecule has 0 aliphatic heterocycles. The minimum Gasteiger partial charge on any atom is -0.512 e. The summed E-state index contributed by atoms with van der Waals surface area (Å²) in [6, 6.07) is 5.52. The summed E-state index contributed by atoms with van der Waals surface area (Å²) in [5, 5.41) is 21.8. The van der Waals surface area contributed by atoms with Gasteiger partial charge < -0.3 is 5.11 Å². The van der Waals surface area contributed by atoms with Crippen LogP contribution in [-0.4, -0.2) is 27.4 Å². The third-order valence-corrected chi connectivity index (χ3v) is 6.00. The molecule has 30 heavy (non-hydrogen) atoms. The van der Waals surface area contributed by atoms with Crippen LogP contribution in [0.4, 0.5) is 5.69 Å². The second-order valence-corrected chi connectivity index (χ2v) is 10.1. The Kier molecular flexibility index (Phi) is 5.43. The lowest BCUT2D eigenvalue weighted by Crippen LogP contribution is -2.43. The van der Waals surface area contributed by atoms with Crippen LogP contribution in [0.2, 0.25) is 0 Å². The second-order valence-electron chi connectivity index (χ2n) is 10.1. The minimum atomic E-state index is -1.08. The van der Waals surface area contributed by atoms with E-state index in [1.807, 2.05) is 27.7 Å². The topological polar surface area (TPSA) is 115 Å². The molecule has 1 saturated carbocycles. The van der Waals surface area contributed by atoms with Crippen molar-refractivity contribution in [3.63, 3.8) is 0 Å². The Bertz CT molecular complexity index is 934. The number of aliphatic hydroxyl groups is 1. The molecular weight excluding hydrogens is 386 g/mol. The smallest absolute Gasteiger partial charge is 0.269 e. The van der Waals surface area contributed by atoms with Gasteiger partial charge in [0.1, 0.15) is 17.3 Å². The van der Waals surface area contributed by atoms with Crippen LogP contribution in [0.1, 0.15) is 64.9 Å². The summed E-state index contributed by atoms with van der Waals surface area (Å²) >= 11 is 0. The molecule has 0 aromatic heterocycles. The van der Waals surface area contributed by atoms with Gasteiger partial charge in [0.25, 0.3) is 5.69 Å². The fourth-order valence-electron chi connectivity index (χ4n) is 4.76. The summed E-state index contributed by atoms with van der Waals surface area (Å²) < 4.78 is 0. The van der Waals surface area contributed by atoms with Gasteiger partial charge in [-0.05, 0) is 16.4 Å². The van der Waals surface area contributed by atoms with Gasteiger partial charge >= 0.3 is 0 Å². The summed E-state index contributed by atoms with van der Waals surface area (Å²) in [5.74, 6) is -2.95. The number of nitro benzene ring substituents is 1. The first-order valence-corrected chi connectivity index (χ1v) is 10.1.